The highest BCUT2D eigenvalue weighted by atomic mass is 16.5. The largest absolute Gasteiger partial charge is 0.497 e. The van der Waals surface area contributed by atoms with Crippen LogP contribution < -0.4 is 19.7 Å². The van der Waals surface area contributed by atoms with Crippen LogP contribution in [0, 0.1) is 5.41 Å². The Morgan fingerprint density at radius 2 is 1.74 bits per heavy atom. The molecule has 9 heteroatoms. The lowest BCUT2D eigenvalue weighted by molar-refractivity contribution is -0.126. The number of amidine groups is 1. The molecular formula is C38H45N5O4. The highest BCUT2D eigenvalue weighted by molar-refractivity contribution is 6.11. The van der Waals surface area contributed by atoms with E-state index in [0.717, 1.165) is 90.5 Å². The molecule has 0 unspecified atom stereocenters. The number of hydrogen-bond acceptors (Lipinski definition) is 7. The summed E-state index contributed by atoms with van der Waals surface area (Å²) in [6, 6.07) is 22.3. The Hall–Kier alpha value is -4.34. The van der Waals surface area contributed by atoms with Gasteiger partial charge in [0, 0.05) is 49.2 Å². The summed E-state index contributed by atoms with van der Waals surface area (Å²) < 4.78 is 17.9. The van der Waals surface area contributed by atoms with Crippen molar-refractivity contribution in [2.24, 2.45) is 0 Å². The maximum Gasteiger partial charge on any atom is 0.238 e. The number of fused-ring (bicyclic) bond motifs is 2. The van der Waals surface area contributed by atoms with E-state index in [1.807, 2.05) is 70.5 Å². The molecule has 1 aliphatic carbocycles. The molecule has 9 nitrogen and oxygen atoms in total. The van der Waals surface area contributed by atoms with Crippen molar-refractivity contribution in [1.82, 2.24) is 9.80 Å². The van der Waals surface area contributed by atoms with Crippen molar-refractivity contribution in [2.75, 3.05) is 63.8 Å². The van der Waals surface area contributed by atoms with Crippen LogP contribution in [-0.4, -0.2) is 81.2 Å². The number of likely N-dealkylation sites (tertiary alicyclic amines) is 1. The van der Waals surface area contributed by atoms with Crippen molar-refractivity contribution >= 4 is 28.8 Å². The summed E-state index contributed by atoms with van der Waals surface area (Å²) in [7, 11) is 3.82. The minimum Gasteiger partial charge on any atom is -0.497 e. The minimum absolute atomic E-state index is 0.0580. The number of nitrogens with one attached hydrogen (secondary N) is 2. The predicted molar refractivity (Wildman–Crippen MR) is 185 cm³/mol. The van der Waals surface area contributed by atoms with E-state index in [4.69, 9.17) is 19.6 Å². The van der Waals surface area contributed by atoms with E-state index in [0.29, 0.717) is 38.7 Å². The molecule has 0 atom stereocenters. The van der Waals surface area contributed by atoms with Crippen molar-refractivity contribution < 1.29 is 19.0 Å². The molecule has 1 saturated carbocycles. The number of para-hydroxylation sites is 1. The summed E-state index contributed by atoms with van der Waals surface area (Å²) in [5, 5.41) is 12.7. The van der Waals surface area contributed by atoms with Gasteiger partial charge in [-0.15, -0.1) is 0 Å². The quantitative estimate of drug-likeness (QED) is 0.224. The number of anilines is 2. The molecule has 3 heterocycles. The molecule has 0 radical (unpaired) electrons. The zero-order valence-electron chi connectivity index (χ0n) is 27.5. The van der Waals surface area contributed by atoms with Gasteiger partial charge >= 0.3 is 0 Å². The monoisotopic (exact) mass is 635 g/mol. The van der Waals surface area contributed by atoms with E-state index < -0.39 is 5.41 Å². The van der Waals surface area contributed by atoms with Crippen molar-refractivity contribution in [2.45, 2.75) is 50.2 Å². The van der Waals surface area contributed by atoms with Crippen LogP contribution in [0.4, 0.5) is 11.4 Å². The number of nitrogens with zero attached hydrogens (tertiary/aromatic N) is 3. The topological polar surface area (TPSA) is 90.4 Å². The molecule has 0 aromatic heterocycles. The summed E-state index contributed by atoms with van der Waals surface area (Å²) in [5.74, 6) is 2.13. The molecule has 0 bridgehead atoms. The second-order valence-corrected chi connectivity index (χ2v) is 13.2. The molecule has 4 aliphatic rings. The molecule has 3 aromatic carbocycles. The molecule has 246 valence electrons. The average molecular weight is 636 g/mol. The standard InChI is InChI=1S/C38H45N5O4/c1-41-17-13-31(14-18-41)47-34-24-28(33(40-29-7-4-3-5-8-29)25-35(39)42-19-21-46-22-20-42)23-32-36(34)43(37(44)38(32)15-6-16-38)26-27-9-11-30(45-2)12-10-27/h3-5,7-12,23-25,31,39-40H,6,13-22,26H2,1-2H3/b33-25-,39-35?. The Balaban J connectivity index is 1.34. The third-order valence-electron chi connectivity index (χ3n) is 10.2. The van der Waals surface area contributed by atoms with Gasteiger partial charge in [0.05, 0.1) is 38.0 Å². The lowest BCUT2D eigenvalue weighted by Crippen LogP contribution is -2.44. The second-order valence-electron chi connectivity index (χ2n) is 13.2. The fraction of sp³-hybridized carbons (Fsp3) is 0.421. The third kappa shape index (κ3) is 6.34. The van der Waals surface area contributed by atoms with Crippen LogP contribution in [0.2, 0.25) is 0 Å². The molecule has 1 amide bonds. The van der Waals surface area contributed by atoms with Crippen LogP contribution in [-0.2, 0) is 21.5 Å². The van der Waals surface area contributed by atoms with Gasteiger partial charge in [-0.05, 0) is 80.3 Å². The average Bonchev–Trinajstić information content (AvgIpc) is 3.34. The second kappa shape index (κ2) is 13.4. The first kappa shape index (κ1) is 31.3. The number of carbonyl (C=O) groups is 1. The number of methoxy groups -OCH3 is 1. The molecule has 1 spiro atoms. The highest BCUT2D eigenvalue weighted by Gasteiger charge is 2.55. The number of carbonyl (C=O) groups excluding carboxylic acids is 1. The van der Waals surface area contributed by atoms with E-state index in [-0.39, 0.29) is 12.0 Å². The molecule has 47 heavy (non-hydrogen) atoms. The summed E-state index contributed by atoms with van der Waals surface area (Å²) in [4.78, 5) is 20.8. The number of morpholine rings is 1. The van der Waals surface area contributed by atoms with Gasteiger partial charge in [-0.25, -0.2) is 0 Å². The minimum atomic E-state index is -0.557. The van der Waals surface area contributed by atoms with E-state index in [1.54, 1.807) is 7.11 Å². The first-order chi connectivity index (χ1) is 22.9. The fourth-order valence-corrected chi connectivity index (χ4v) is 7.23. The van der Waals surface area contributed by atoms with E-state index in [1.165, 1.54) is 0 Å². The normalized spacial score (nSPS) is 19.8. The van der Waals surface area contributed by atoms with Crippen molar-refractivity contribution in [3.8, 4) is 11.5 Å². The molecule has 3 fully saturated rings. The Morgan fingerprint density at radius 3 is 2.40 bits per heavy atom. The summed E-state index contributed by atoms with van der Waals surface area (Å²) in [6.45, 7) is 5.00. The third-order valence-corrected chi connectivity index (χ3v) is 10.2. The summed E-state index contributed by atoms with van der Waals surface area (Å²) >= 11 is 0. The lowest BCUT2D eigenvalue weighted by atomic mass is 9.65. The summed E-state index contributed by atoms with van der Waals surface area (Å²) in [6.07, 6.45) is 6.50. The maximum atomic E-state index is 14.5. The van der Waals surface area contributed by atoms with Crippen LogP contribution in [0.3, 0.4) is 0 Å². The SMILES string of the molecule is COc1ccc(CN2C(=O)C3(CCC3)c3cc(/C(=C/C(=N)N4CCOCC4)Nc4ccccc4)cc(OC4CCN(C)CC4)c32)cc1. The van der Waals surface area contributed by atoms with Crippen LogP contribution in [0.5, 0.6) is 11.5 Å². The van der Waals surface area contributed by atoms with Gasteiger partial charge in [-0.2, -0.15) is 0 Å². The maximum absolute atomic E-state index is 14.5. The smallest absolute Gasteiger partial charge is 0.238 e. The van der Waals surface area contributed by atoms with Crippen LogP contribution in [0.25, 0.3) is 5.70 Å². The molecule has 3 aliphatic heterocycles. The van der Waals surface area contributed by atoms with E-state index >= 15 is 0 Å². The van der Waals surface area contributed by atoms with Crippen LogP contribution in [0.15, 0.2) is 72.8 Å². The Labute approximate surface area is 277 Å². The molecule has 2 saturated heterocycles. The van der Waals surface area contributed by atoms with Crippen molar-refractivity contribution in [3.05, 3.63) is 89.5 Å². The van der Waals surface area contributed by atoms with Gasteiger partial charge in [-0.1, -0.05) is 36.8 Å². The van der Waals surface area contributed by atoms with Gasteiger partial charge in [0.1, 0.15) is 23.4 Å². The Morgan fingerprint density at radius 1 is 1.02 bits per heavy atom. The predicted octanol–water partition coefficient (Wildman–Crippen LogP) is 5.90. The first-order valence-electron chi connectivity index (χ1n) is 16.9. The van der Waals surface area contributed by atoms with Gasteiger partial charge < -0.3 is 34.2 Å². The fourth-order valence-electron chi connectivity index (χ4n) is 7.23. The number of hydrogen-bond donors (Lipinski definition) is 2. The number of rotatable bonds is 9. The van der Waals surface area contributed by atoms with Gasteiger partial charge in [0.25, 0.3) is 0 Å². The molecule has 3 aromatic rings. The number of benzene rings is 3. The van der Waals surface area contributed by atoms with Crippen molar-refractivity contribution in [3.63, 3.8) is 0 Å². The zero-order valence-corrected chi connectivity index (χ0v) is 27.5. The van der Waals surface area contributed by atoms with Crippen LogP contribution >= 0.6 is 0 Å². The van der Waals surface area contributed by atoms with Gasteiger partial charge in [0.2, 0.25) is 5.91 Å². The molecule has 2 N–H and O–H groups in total. The Bertz CT molecular complexity index is 1620. The van der Waals surface area contributed by atoms with Crippen molar-refractivity contribution in [1.29, 1.82) is 5.41 Å². The van der Waals surface area contributed by atoms with Gasteiger partial charge in [-0.3, -0.25) is 10.2 Å². The molecule has 7 rings (SSSR count). The number of amides is 1. The van der Waals surface area contributed by atoms with Crippen LogP contribution in [0.1, 0.15) is 48.8 Å². The van der Waals surface area contributed by atoms with E-state index in [2.05, 4.69) is 29.4 Å². The highest BCUT2D eigenvalue weighted by Crippen LogP contribution is 2.57. The lowest BCUT2D eigenvalue weighted by Gasteiger charge is -2.37. The Kier molecular flexibility index (Phi) is 8.92. The zero-order chi connectivity index (χ0) is 32.4. The van der Waals surface area contributed by atoms with E-state index in [9.17, 15) is 4.79 Å². The number of piperidine rings is 1. The van der Waals surface area contributed by atoms with Gasteiger partial charge in [0.15, 0.2) is 0 Å². The number of ether oxygens (including phenoxy) is 3. The first-order valence-corrected chi connectivity index (χ1v) is 16.9. The summed E-state index contributed by atoms with van der Waals surface area (Å²) in [5.41, 5.74) is 5.08. The molecular weight excluding hydrogens is 590 g/mol.